The van der Waals surface area contributed by atoms with Crippen LogP contribution >= 0.6 is 22.9 Å². The molecule has 0 radical (unpaired) electrons. The third-order valence-electron chi connectivity index (χ3n) is 3.60. The summed E-state index contributed by atoms with van der Waals surface area (Å²) in [4.78, 5) is 12.1. The van der Waals surface area contributed by atoms with Gasteiger partial charge in [-0.1, -0.05) is 42.3 Å². The average molecular weight is 403 g/mol. The van der Waals surface area contributed by atoms with E-state index in [1.165, 1.54) is 11.3 Å². The summed E-state index contributed by atoms with van der Waals surface area (Å²) >= 11 is 7.20. The van der Waals surface area contributed by atoms with E-state index in [0.717, 1.165) is 24.2 Å². The molecule has 2 amide bonds. The lowest BCUT2D eigenvalue weighted by molar-refractivity contribution is 0.262. The summed E-state index contributed by atoms with van der Waals surface area (Å²) < 4.78 is 5.65. The smallest absolute Gasteiger partial charge is 0.325 e. The SMILES string of the molecule is CCCCOc1ccc(-c2nnc(NC(=O)Nc3cccc(Cl)c3)s2)cc1. The van der Waals surface area contributed by atoms with Gasteiger partial charge in [-0.2, -0.15) is 0 Å². The van der Waals surface area contributed by atoms with Gasteiger partial charge in [0.1, 0.15) is 10.8 Å². The fraction of sp³-hybridized carbons (Fsp3) is 0.211. The fourth-order valence-electron chi connectivity index (χ4n) is 2.24. The van der Waals surface area contributed by atoms with Crippen LogP contribution in [-0.2, 0) is 0 Å². The normalized spacial score (nSPS) is 10.4. The minimum absolute atomic E-state index is 0.403. The Morgan fingerprint density at radius 1 is 1.15 bits per heavy atom. The molecule has 6 nitrogen and oxygen atoms in total. The van der Waals surface area contributed by atoms with Gasteiger partial charge in [0.05, 0.1) is 6.61 Å². The first kappa shape index (κ1) is 19.1. The Morgan fingerprint density at radius 3 is 2.70 bits per heavy atom. The van der Waals surface area contributed by atoms with Crippen LogP contribution in [-0.4, -0.2) is 22.8 Å². The summed E-state index contributed by atoms with van der Waals surface area (Å²) in [6, 6.07) is 14.2. The van der Waals surface area contributed by atoms with Gasteiger partial charge in [0.15, 0.2) is 0 Å². The maximum absolute atomic E-state index is 12.1. The molecule has 0 saturated carbocycles. The summed E-state index contributed by atoms with van der Waals surface area (Å²) in [7, 11) is 0. The van der Waals surface area contributed by atoms with E-state index in [1.54, 1.807) is 24.3 Å². The van der Waals surface area contributed by atoms with Crippen molar-refractivity contribution in [3.05, 3.63) is 53.6 Å². The number of urea groups is 1. The van der Waals surface area contributed by atoms with Crippen LogP contribution in [0.3, 0.4) is 0 Å². The Bertz CT molecular complexity index is 899. The zero-order valence-corrected chi connectivity index (χ0v) is 16.3. The third kappa shape index (κ3) is 5.67. The molecule has 0 aliphatic heterocycles. The van der Waals surface area contributed by atoms with Crippen LogP contribution in [0.4, 0.5) is 15.6 Å². The number of hydrogen-bond acceptors (Lipinski definition) is 5. The van der Waals surface area contributed by atoms with Crippen molar-refractivity contribution >= 4 is 39.8 Å². The number of halogens is 1. The minimum atomic E-state index is -0.403. The number of rotatable bonds is 7. The van der Waals surface area contributed by atoms with Crippen molar-refractivity contribution in [3.63, 3.8) is 0 Å². The quantitative estimate of drug-likeness (QED) is 0.498. The molecule has 0 aliphatic rings. The highest BCUT2D eigenvalue weighted by Crippen LogP contribution is 2.28. The minimum Gasteiger partial charge on any atom is -0.494 e. The standard InChI is InChI=1S/C19H19ClN4O2S/c1-2-3-11-26-16-9-7-13(8-10-16)17-23-24-19(27-17)22-18(25)21-15-6-4-5-14(20)12-15/h4-10,12H,2-3,11H2,1H3,(H2,21,22,24,25). The molecule has 2 N–H and O–H groups in total. The van der Waals surface area contributed by atoms with Crippen molar-refractivity contribution < 1.29 is 9.53 Å². The van der Waals surface area contributed by atoms with Crippen LogP contribution in [0.25, 0.3) is 10.6 Å². The number of aromatic nitrogens is 2. The van der Waals surface area contributed by atoms with E-state index in [9.17, 15) is 4.79 Å². The predicted molar refractivity (Wildman–Crippen MR) is 110 cm³/mol. The van der Waals surface area contributed by atoms with Crippen LogP contribution in [0.5, 0.6) is 5.75 Å². The van der Waals surface area contributed by atoms with Gasteiger partial charge in [-0.15, -0.1) is 10.2 Å². The Morgan fingerprint density at radius 2 is 1.96 bits per heavy atom. The number of ether oxygens (including phenoxy) is 1. The van der Waals surface area contributed by atoms with Crippen molar-refractivity contribution in [2.75, 3.05) is 17.2 Å². The molecule has 0 saturated heterocycles. The van der Waals surface area contributed by atoms with Crippen LogP contribution in [0, 0.1) is 0 Å². The predicted octanol–water partition coefficient (Wildman–Crippen LogP) is 5.68. The molecule has 27 heavy (non-hydrogen) atoms. The number of hydrogen-bond donors (Lipinski definition) is 2. The maximum atomic E-state index is 12.1. The Hall–Kier alpha value is -2.64. The van der Waals surface area contributed by atoms with Gasteiger partial charge in [0, 0.05) is 16.3 Å². The van der Waals surface area contributed by atoms with Crippen LogP contribution in [0.2, 0.25) is 5.02 Å². The number of benzene rings is 2. The number of carbonyl (C=O) groups is 1. The van der Waals surface area contributed by atoms with Gasteiger partial charge in [-0.25, -0.2) is 4.79 Å². The van der Waals surface area contributed by atoms with Gasteiger partial charge in [0.25, 0.3) is 0 Å². The molecule has 0 bridgehead atoms. The molecular weight excluding hydrogens is 384 g/mol. The molecule has 8 heteroatoms. The Balaban J connectivity index is 1.58. The van der Waals surface area contributed by atoms with E-state index in [2.05, 4.69) is 27.8 Å². The van der Waals surface area contributed by atoms with Crippen LogP contribution < -0.4 is 15.4 Å². The topological polar surface area (TPSA) is 76.1 Å². The molecule has 0 atom stereocenters. The van der Waals surface area contributed by atoms with E-state index in [4.69, 9.17) is 16.3 Å². The largest absolute Gasteiger partial charge is 0.494 e. The van der Waals surface area contributed by atoms with Crippen LogP contribution in [0.15, 0.2) is 48.5 Å². The lowest BCUT2D eigenvalue weighted by Crippen LogP contribution is -2.19. The summed E-state index contributed by atoms with van der Waals surface area (Å²) in [6.07, 6.45) is 2.13. The highest BCUT2D eigenvalue weighted by molar-refractivity contribution is 7.18. The van der Waals surface area contributed by atoms with Gasteiger partial charge >= 0.3 is 6.03 Å². The van der Waals surface area contributed by atoms with E-state index in [1.807, 2.05) is 24.3 Å². The second-order valence-corrected chi connectivity index (χ2v) is 7.14. The number of amides is 2. The zero-order chi connectivity index (χ0) is 19.1. The summed E-state index contributed by atoms with van der Waals surface area (Å²) in [5.41, 5.74) is 1.52. The van der Waals surface area contributed by atoms with E-state index in [0.29, 0.717) is 27.5 Å². The second kappa shape index (κ2) is 9.34. The molecule has 2 aromatic carbocycles. The number of anilines is 2. The molecule has 140 valence electrons. The molecule has 0 aliphatic carbocycles. The Labute approximate surface area is 166 Å². The van der Waals surface area contributed by atoms with Gasteiger partial charge in [-0.3, -0.25) is 5.32 Å². The zero-order valence-electron chi connectivity index (χ0n) is 14.7. The van der Waals surface area contributed by atoms with E-state index < -0.39 is 6.03 Å². The third-order valence-corrected chi connectivity index (χ3v) is 4.72. The maximum Gasteiger partial charge on any atom is 0.325 e. The molecule has 1 heterocycles. The highest BCUT2D eigenvalue weighted by atomic mass is 35.5. The highest BCUT2D eigenvalue weighted by Gasteiger charge is 2.10. The molecule has 3 aromatic rings. The molecule has 0 spiro atoms. The number of carbonyl (C=O) groups excluding carboxylic acids is 1. The molecular formula is C19H19ClN4O2S. The lowest BCUT2D eigenvalue weighted by atomic mass is 10.2. The van der Waals surface area contributed by atoms with Gasteiger partial charge in [0.2, 0.25) is 5.13 Å². The van der Waals surface area contributed by atoms with Crippen molar-refractivity contribution in [1.82, 2.24) is 10.2 Å². The number of nitrogens with one attached hydrogen (secondary N) is 2. The number of unbranched alkanes of at least 4 members (excludes halogenated alkanes) is 1. The van der Waals surface area contributed by atoms with E-state index in [-0.39, 0.29) is 0 Å². The van der Waals surface area contributed by atoms with Crippen molar-refractivity contribution in [2.24, 2.45) is 0 Å². The monoisotopic (exact) mass is 402 g/mol. The summed E-state index contributed by atoms with van der Waals surface area (Å²) in [5, 5.41) is 15.2. The average Bonchev–Trinajstić information content (AvgIpc) is 3.11. The van der Waals surface area contributed by atoms with E-state index >= 15 is 0 Å². The van der Waals surface area contributed by atoms with Crippen LogP contribution in [0.1, 0.15) is 19.8 Å². The second-order valence-electron chi connectivity index (χ2n) is 5.73. The molecule has 3 rings (SSSR count). The van der Waals surface area contributed by atoms with Crippen molar-refractivity contribution in [3.8, 4) is 16.3 Å². The van der Waals surface area contributed by atoms with Gasteiger partial charge < -0.3 is 10.1 Å². The fourth-order valence-corrected chi connectivity index (χ4v) is 3.18. The molecule has 0 unspecified atom stereocenters. The molecule has 1 aromatic heterocycles. The molecule has 0 fully saturated rings. The van der Waals surface area contributed by atoms with Crippen molar-refractivity contribution in [2.45, 2.75) is 19.8 Å². The summed E-state index contributed by atoms with van der Waals surface area (Å²) in [6.45, 7) is 2.84. The first-order valence-corrected chi connectivity index (χ1v) is 9.74. The number of nitrogens with zero attached hydrogens (tertiary/aromatic N) is 2. The summed E-state index contributed by atoms with van der Waals surface area (Å²) in [5.74, 6) is 0.830. The van der Waals surface area contributed by atoms with Gasteiger partial charge in [-0.05, 0) is 48.9 Å². The Kier molecular flexibility index (Phi) is 6.62. The van der Waals surface area contributed by atoms with Crippen molar-refractivity contribution in [1.29, 1.82) is 0 Å². The lowest BCUT2D eigenvalue weighted by Gasteiger charge is -2.05. The first-order chi connectivity index (χ1) is 13.1. The first-order valence-electron chi connectivity index (χ1n) is 8.54.